The summed E-state index contributed by atoms with van der Waals surface area (Å²) in [5, 5.41) is 4.92. The Morgan fingerprint density at radius 3 is 2.78 bits per heavy atom. The number of nitrogens with zero attached hydrogens (tertiary/aromatic N) is 4. The van der Waals surface area contributed by atoms with Gasteiger partial charge in [0.05, 0.1) is 18.1 Å². The standard InChI is InChI=1S/C18H14ClN5O2S/c19-17-7-14(4-5-20-17)16-11-21-18-8-15(10-22-24(16)18)13-3-1-2-12(6-13)9-23-27(25)26/h1-8,10-11,23H,9H2,(H,25,26). The van der Waals surface area contributed by atoms with Gasteiger partial charge in [0.25, 0.3) is 0 Å². The summed E-state index contributed by atoms with van der Waals surface area (Å²) in [6.45, 7) is 0.295. The molecule has 0 aliphatic rings. The van der Waals surface area contributed by atoms with E-state index in [9.17, 15) is 4.21 Å². The predicted octanol–water partition coefficient (Wildman–Crippen LogP) is 3.34. The van der Waals surface area contributed by atoms with Crippen LogP contribution in [0.4, 0.5) is 0 Å². The Morgan fingerprint density at radius 2 is 1.96 bits per heavy atom. The number of halogens is 1. The van der Waals surface area contributed by atoms with Crippen molar-refractivity contribution in [3.05, 3.63) is 71.8 Å². The zero-order chi connectivity index (χ0) is 18.8. The Balaban J connectivity index is 1.69. The van der Waals surface area contributed by atoms with Crippen LogP contribution in [0.3, 0.4) is 0 Å². The molecule has 0 bridgehead atoms. The molecular weight excluding hydrogens is 386 g/mol. The number of pyridine rings is 1. The predicted molar refractivity (Wildman–Crippen MR) is 104 cm³/mol. The first kappa shape index (κ1) is 17.7. The molecule has 27 heavy (non-hydrogen) atoms. The van der Waals surface area contributed by atoms with Crippen molar-refractivity contribution in [1.82, 2.24) is 24.3 Å². The molecule has 1 aromatic carbocycles. The molecule has 0 saturated carbocycles. The summed E-state index contributed by atoms with van der Waals surface area (Å²) in [6.07, 6.45) is 5.15. The average Bonchev–Trinajstić information content (AvgIpc) is 3.10. The second-order valence-electron chi connectivity index (χ2n) is 5.80. The molecule has 0 amide bonds. The van der Waals surface area contributed by atoms with E-state index in [2.05, 4.69) is 19.8 Å². The fourth-order valence-corrected chi connectivity index (χ4v) is 3.26. The molecule has 9 heteroatoms. The molecule has 0 saturated heterocycles. The Kier molecular flexibility index (Phi) is 4.95. The van der Waals surface area contributed by atoms with Gasteiger partial charge in [0.2, 0.25) is 11.3 Å². The quantitative estimate of drug-likeness (QED) is 0.396. The number of aromatic nitrogens is 4. The molecule has 4 aromatic rings. The molecule has 2 N–H and O–H groups in total. The molecule has 4 rings (SSSR count). The minimum absolute atomic E-state index is 0.295. The van der Waals surface area contributed by atoms with Gasteiger partial charge in [-0.15, -0.1) is 0 Å². The van der Waals surface area contributed by atoms with Crippen LogP contribution < -0.4 is 4.72 Å². The fourth-order valence-electron chi connectivity index (χ4n) is 2.80. The lowest BCUT2D eigenvalue weighted by Crippen LogP contribution is -2.15. The maximum Gasteiger partial charge on any atom is 0.232 e. The normalized spacial score (nSPS) is 12.4. The minimum Gasteiger partial charge on any atom is -0.294 e. The number of benzene rings is 1. The van der Waals surface area contributed by atoms with E-state index in [4.69, 9.17) is 16.2 Å². The van der Waals surface area contributed by atoms with Crippen LogP contribution in [0.15, 0.2) is 61.1 Å². The van der Waals surface area contributed by atoms with Crippen molar-refractivity contribution in [2.75, 3.05) is 0 Å². The third kappa shape index (κ3) is 3.88. The maximum absolute atomic E-state index is 10.8. The lowest BCUT2D eigenvalue weighted by atomic mass is 10.1. The third-order valence-corrected chi connectivity index (χ3v) is 4.64. The highest BCUT2D eigenvalue weighted by Gasteiger charge is 2.10. The maximum atomic E-state index is 10.8. The highest BCUT2D eigenvalue weighted by molar-refractivity contribution is 7.77. The summed E-state index contributed by atoms with van der Waals surface area (Å²) < 4.78 is 23.9. The van der Waals surface area contributed by atoms with E-state index in [1.807, 2.05) is 36.4 Å². The molecule has 0 radical (unpaired) electrons. The SMILES string of the molecule is O=S(O)NCc1cccc(-c2cnn3c(-c4ccnc(Cl)c4)cnc3c2)c1. The van der Waals surface area contributed by atoms with Crippen LogP contribution in [0.5, 0.6) is 0 Å². The molecule has 0 spiro atoms. The summed E-state index contributed by atoms with van der Waals surface area (Å²) in [5.74, 6) is 0. The van der Waals surface area contributed by atoms with Gasteiger partial charge in [-0.3, -0.25) is 4.55 Å². The van der Waals surface area contributed by atoms with E-state index < -0.39 is 11.3 Å². The number of fused-ring (bicyclic) bond motifs is 1. The minimum atomic E-state index is -2.04. The van der Waals surface area contributed by atoms with Crippen LogP contribution >= 0.6 is 11.6 Å². The van der Waals surface area contributed by atoms with Crippen molar-refractivity contribution < 1.29 is 8.76 Å². The monoisotopic (exact) mass is 399 g/mol. The van der Waals surface area contributed by atoms with Gasteiger partial charge in [0, 0.05) is 23.9 Å². The van der Waals surface area contributed by atoms with Gasteiger partial charge < -0.3 is 0 Å². The van der Waals surface area contributed by atoms with E-state index in [0.29, 0.717) is 17.3 Å². The third-order valence-electron chi connectivity index (χ3n) is 4.04. The van der Waals surface area contributed by atoms with Crippen molar-refractivity contribution in [1.29, 1.82) is 0 Å². The zero-order valence-electron chi connectivity index (χ0n) is 13.9. The first-order chi connectivity index (χ1) is 13.1. The van der Waals surface area contributed by atoms with Crippen molar-refractivity contribution in [2.24, 2.45) is 0 Å². The van der Waals surface area contributed by atoms with Crippen LogP contribution in [-0.2, 0) is 17.8 Å². The van der Waals surface area contributed by atoms with Crippen molar-refractivity contribution in [3.8, 4) is 22.4 Å². The van der Waals surface area contributed by atoms with E-state index in [1.165, 1.54) is 0 Å². The van der Waals surface area contributed by atoms with Gasteiger partial charge in [-0.1, -0.05) is 29.8 Å². The molecule has 0 aliphatic carbocycles. The van der Waals surface area contributed by atoms with E-state index in [1.54, 1.807) is 29.2 Å². The molecule has 1 atom stereocenters. The van der Waals surface area contributed by atoms with Gasteiger partial charge in [-0.25, -0.2) is 23.4 Å². The van der Waals surface area contributed by atoms with Gasteiger partial charge in [0.1, 0.15) is 5.15 Å². The first-order valence-corrected chi connectivity index (χ1v) is 9.48. The summed E-state index contributed by atoms with van der Waals surface area (Å²) in [7, 11) is 0. The number of rotatable bonds is 5. The molecule has 0 fully saturated rings. The fraction of sp³-hybridized carbons (Fsp3) is 0.0556. The Labute approximate surface area is 162 Å². The van der Waals surface area contributed by atoms with E-state index >= 15 is 0 Å². The van der Waals surface area contributed by atoms with Crippen LogP contribution in [-0.4, -0.2) is 28.3 Å². The van der Waals surface area contributed by atoms with E-state index in [-0.39, 0.29) is 0 Å². The van der Waals surface area contributed by atoms with Crippen LogP contribution in [0.1, 0.15) is 5.56 Å². The summed E-state index contributed by atoms with van der Waals surface area (Å²) >= 11 is 3.93. The molecule has 136 valence electrons. The van der Waals surface area contributed by atoms with Crippen LogP contribution in [0.25, 0.3) is 28.0 Å². The van der Waals surface area contributed by atoms with Gasteiger partial charge in [-0.05, 0) is 35.4 Å². The van der Waals surface area contributed by atoms with Gasteiger partial charge in [0.15, 0.2) is 5.65 Å². The van der Waals surface area contributed by atoms with Gasteiger partial charge >= 0.3 is 0 Å². The second-order valence-corrected chi connectivity index (χ2v) is 6.97. The van der Waals surface area contributed by atoms with E-state index in [0.717, 1.165) is 27.9 Å². The summed E-state index contributed by atoms with van der Waals surface area (Å²) in [5.41, 5.74) is 5.15. The topological polar surface area (TPSA) is 92.4 Å². The smallest absolute Gasteiger partial charge is 0.232 e. The Morgan fingerprint density at radius 1 is 1.07 bits per heavy atom. The lowest BCUT2D eigenvalue weighted by molar-refractivity contribution is 0.548. The van der Waals surface area contributed by atoms with Crippen molar-refractivity contribution in [2.45, 2.75) is 6.54 Å². The van der Waals surface area contributed by atoms with Crippen LogP contribution in [0, 0.1) is 0 Å². The first-order valence-electron chi connectivity index (χ1n) is 7.99. The highest BCUT2D eigenvalue weighted by Crippen LogP contribution is 2.25. The Hall–Kier alpha value is -2.65. The van der Waals surface area contributed by atoms with Gasteiger partial charge in [-0.2, -0.15) is 5.10 Å². The van der Waals surface area contributed by atoms with Crippen LogP contribution in [0.2, 0.25) is 5.15 Å². The van der Waals surface area contributed by atoms with Crippen molar-refractivity contribution >= 4 is 28.5 Å². The number of imidazole rings is 1. The summed E-state index contributed by atoms with van der Waals surface area (Å²) in [6, 6.07) is 13.2. The zero-order valence-corrected chi connectivity index (χ0v) is 15.5. The highest BCUT2D eigenvalue weighted by atomic mass is 35.5. The molecule has 0 aliphatic heterocycles. The number of nitrogens with one attached hydrogen (secondary N) is 1. The molecule has 7 nitrogen and oxygen atoms in total. The lowest BCUT2D eigenvalue weighted by Gasteiger charge is -2.06. The Bertz CT molecular complexity index is 1150. The average molecular weight is 400 g/mol. The second kappa shape index (κ2) is 7.53. The molecule has 3 heterocycles. The number of hydrogen-bond donors (Lipinski definition) is 2. The largest absolute Gasteiger partial charge is 0.294 e. The molecular formula is C18H14ClN5O2S. The number of hydrogen-bond acceptors (Lipinski definition) is 4. The summed E-state index contributed by atoms with van der Waals surface area (Å²) in [4.78, 5) is 8.44. The van der Waals surface area contributed by atoms with Crippen molar-refractivity contribution in [3.63, 3.8) is 0 Å². The molecule has 1 unspecified atom stereocenters. The molecule has 3 aromatic heterocycles.